The molecule has 0 saturated carbocycles. The first-order chi connectivity index (χ1) is 9.11. The van der Waals surface area contributed by atoms with Gasteiger partial charge in [0.15, 0.2) is 5.75 Å². The highest BCUT2D eigenvalue weighted by Gasteiger charge is 2.17. The van der Waals surface area contributed by atoms with Crippen molar-refractivity contribution in [2.45, 2.75) is 13.3 Å². The molecule has 0 bridgehead atoms. The molecule has 4 heteroatoms. The lowest BCUT2D eigenvalue weighted by atomic mass is 10.1. The Morgan fingerprint density at radius 1 is 1.32 bits per heavy atom. The van der Waals surface area contributed by atoms with Crippen molar-refractivity contribution < 1.29 is 14.6 Å². The highest BCUT2D eigenvalue weighted by molar-refractivity contribution is 5.92. The van der Waals surface area contributed by atoms with Crippen molar-refractivity contribution in [2.75, 3.05) is 7.11 Å². The van der Waals surface area contributed by atoms with Crippen molar-refractivity contribution in [3.63, 3.8) is 0 Å². The van der Waals surface area contributed by atoms with Crippen molar-refractivity contribution in [1.82, 2.24) is 4.98 Å². The number of carbonyl (C=O) groups excluding carboxylic acids is 1. The number of hydrogen-bond acceptors (Lipinski definition) is 4. The Bertz CT molecular complexity index is 594. The number of carbonyl (C=O) groups is 1. The van der Waals surface area contributed by atoms with Crippen LogP contribution < -0.4 is 0 Å². The predicted molar refractivity (Wildman–Crippen MR) is 71.2 cm³/mol. The van der Waals surface area contributed by atoms with Gasteiger partial charge in [0.1, 0.15) is 5.56 Å². The Morgan fingerprint density at radius 2 is 2.00 bits per heavy atom. The topological polar surface area (TPSA) is 59.4 Å². The monoisotopic (exact) mass is 257 g/mol. The van der Waals surface area contributed by atoms with E-state index in [4.69, 9.17) is 0 Å². The normalized spacial score (nSPS) is 10.2. The van der Waals surface area contributed by atoms with Crippen molar-refractivity contribution in [2.24, 2.45) is 0 Å². The molecule has 98 valence electrons. The van der Waals surface area contributed by atoms with E-state index in [2.05, 4.69) is 9.72 Å². The maximum atomic E-state index is 11.6. The van der Waals surface area contributed by atoms with Crippen molar-refractivity contribution >= 4 is 5.97 Å². The molecule has 0 atom stereocenters. The summed E-state index contributed by atoms with van der Waals surface area (Å²) in [5.41, 5.74) is 2.32. The second-order valence-corrected chi connectivity index (χ2v) is 4.26. The molecule has 0 aliphatic heterocycles. The molecule has 0 aliphatic rings. The van der Waals surface area contributed by atoms with Crippen LogP contribution >= 0.6 is 0 Å². The molecule has 0 amide bonds. The zero-order chi connectivity index (χ0) is 13.8. The molecule has 2 rings (SSSR count). The lowest BCUT2D eigenvalue weighted by Crippen LogP contribution is -2.06. The smallest absolute Gasteiger partial charge is 0.341 e. The zero-order valence-electron chi connectivity index (χ0n) is 10.9. The van der Waals surface area contributed by atoms with E-state index < -0.39 is 5.97 Å². The largest absolute Gasteiger partial charge is 0.505 e. The molecule has 2 aromatic rings. The number of rotatable bonds is 3. The van der Waals surface area contributed by atoms with Gasteiger partial charge in [0.05, 0.1) is 12.8 Å². The molecule has 0 aliphatic carbocycles. The van der Waals surface area contributed by atoms with Gasteiger partial charge in [0.25, 0.3) is 0 Å². The second-order valence-electron chi connectivity index (χ2n) is 4.26. The Labute approximate surface area is 111 Å². The fourth-order valence-corrected chi connectivity index (χ4v) is 1.91. The van der Waals surface area contributed by atoms with Gasteiger partial charge in [-0.25, -0.2) is 4.79 Å². The SMILES string of the molecule is COC(=O)c1cc(C)nc(Cc2ccccc2)c1O. The lowest BCUT2D eigenvalue weighted by Gasteiger charge is -2.09. The summed E-state index contributed by atoms with van der Waals surface area (Å²) in [5, 5.41) is 10.1. The minimum atomic E-state index is -0.558. The molecule has 1 aromatic carbocycles. The first kappa shape index (κ1) is 13.1. The number of methoxy groups -OCH3 is 1. The summed E-state index contributed by atoms with van der Waals surface area (Å²) in [6.45, 7) is 1.78. The maximum Gasteiger partial charge on any atom is 0.341 e. The maximum absolute atomic E-state index is 11.6. The first-order valence-electron chi connectivity index (χ1n) is 5.93. The van der Waals surface area contributed by atoms with Crippen LogP contribution in [0.15, 0.2) is 36.4 Å². The zero-order valence-corrected chi connectivity index (χ0v) is 10.9. The number of ether oxygens (including phenoxy) is 1. The molecule has 0 saturated heterocycles. The summed E-state index contributed by atoms with van der Waals surface area (Å²) < 4.78 is 4.65. The van der Waals surface area contributed by atoms with Gasteiger partial charge < -0.3 is 9.84 Å². The minimum absolute atomic E-state index is 0.110. The Kier molecular flexibility index (Phi) is 3.80. The van der Waals surface area contributed by atoms with Crippen LogP contribution in [0.3, 0.4) is 0 Å². The summed E-state index contributed by atoms with van der Waals surface area (Å²) in [6.07, 6.45) is 0.471. The molecule has 0 spiro atoms. The van der Waals surface area contributed by atoms with Gasteiger partial charge in [0.2, 0.25) is 0 Å². The number of aromatic hydroxyl groups is 1. The van der Waals surface area contributed by atoms with E-state index in [0.717, 1.165) is 5.56 Å². The van der Waals surface area contributed by atoms with E-state index >= 15 is 0 Å². The highest BCUT2D eigenvalue weighted by Crippen LogP contribution is 2.25. The van der Waals surface area contributed by atoms with Gasteiger partial charge >= 0.3 is 5.97 Å². The molecule has 0 unspecified atom stereocenters. The second kappa shape index (κ2) is 5.52. The quantitative estimate of drug-likeness (QED) is 0.858. The fourth-order valence-electron chi connectivity index (χ4n) is 1.91. The van der Waals surface area contributed by atoms with E-state index in [1.807, 2.05) is 30.3 Å². The summed E-state index contributed by atoms with van der Waals surface area (Å²) >= 11 is 0. The molecule has 0 fully saturated rings. The van der Waals surface area contributed by atoms with Crippen LogP contribution in [0, 0.1) is 6.92 Å². The Hall–Kier alpha value is -2.36. The van der Waals surface area contributed by atoms with E-state index in [-0.39, 0.29) is 11.3 Å². The van der Waals surface area contributed by atoms with Gasteiger partial charge in [-0.3, -0.25) is 4.98 Å². The third-order valence-electron chi connectivity index (χ3n) is 2.81. The average Bonchev–Trinajstić information content (AvgIpc) is 2.42. The van der Waals surface area contributed by atoms with Crippen molar-refractivity contribution in [3.8, 4) is 5.75 Å². The third-order valence-corrected chi connectivity index (χ3v) is 2.81. The molecule has 19 heavy (non-hydrogen) atoms. The minimum Gasteiger partial charge on any atom is -0.505 e. The number of aromatic nitrogens is 1. The fraction of sp³-hybridized carbons (Fsp3) is 0.200. The third kappa shape index (κ3) is 2.91. The summed E-state index contributed by atoms with van der Waals surface area (Å²) in [7, 11) is 1.29. The summed E-state index contributed by atoms with van der Waals surface area (Å²) in [6, 6.07) is 11.2. The van der Waals surface area contributed by atoms with Gasteiger partial charge in [-0.2, -0.15) is 0 Å². The van der Waals surface area contributed by atoms with E-state index in [1.165, 1.54) is 13.2 Å². The number of nitrogens with zero attached hydrogens (tertiary/aromatic N) is 1. The Morgan fingerprint density at radius 3 is 2.63 bits per heavy atom. The average molecular weight is 257 g/mol. The van der Waals surface area contributed by atoms with Crippen LogP contribution in [0.5, 0.6) is 5.75 Å². The van der Waals surface area contributed by atoms with Gasteiger partial charge in [-0.15, -0.1) is 0 Å². The lowest BCUT2D eigenvalue weighted by molar-refractivity contribution is 0.0597. The molecule has 1 heterocycles. The van der Waals surface area contributed by atoms with Crippen LogP contribution in [0.2, 0.25) is 0 Å². The molecular formula is C15H15NO3. The summed E-state index contributed by atoms with van der Waals surface area (Å²) in [5.74, 6) is -0.668. The highest BCUT2D eigenvalue weighted by atomic mass is 16.5. The van der Waals surface area contributed by atoms with Crippen LogP contribution in [0.4, 0.5) is 0 Å². The number of pyridine rings is 1. The molecular weight excluding hydrogens is 242 g/mol. The molecule has 1 aromatic heterocycles. The van der Waals surface area contributed by atoms with Crippen LogP contribution in [-0.4, -0.2) is 23.2 Å². The number of aryl methyl sites for hydroxylation is 1. The van der Waals surface area contributed by atoms with Crippen molar-refractivity contribution in [1.29, 1.82) is 0 Å². The van der Waals surface area contributed by atoms with Crippen LogP contribution in [-0.2, 0) is 11.2 Å². The molecule has 0 radical (unpaired) electrons. The number of esters is 1. The summed E-state index contributed by atoms with van der Waals surface area (Å²) in [4.78, 5) is 15.9. The standard InChI is InChI=1S/C15H15NO3/c1-10-8-12(15(18)19-2)14(17)13(16-10)9-11-6-4-3-5-7-11/h3-8,17H,9H2,1-2H3. The molecule has 1 N–H and O–H groups in total. The van der Waals surface area contributed by atoms with Crippen molar-refractivity contribution in [3.05, 3.63) is 58.9 Å². The van der Waals surface area contributed by atoms with E-state index in [9.17, 15) is 9.90 Å². The number of benzene rings is 1. The van der Waals surface area contributed by atoms with Crippen LogP contribution in [0.1, 0.15) is 27.3 Å². The van der Waals surface area contributed by atoms with E-state index in [0.29, 0.717) is 17.8 Å². The Balaban J connectivity index is 2.41. The van der Waals surface area contributed by atoms with Crippen LogP contribution in [0.25, 0.3) is 0 Å². The van der Waals surface area contributed by atoms with Gasteiger partial charge in [-0.05, 0) is 18.6 Å². The van der Waals surface area contributed by atoms with Gasteiger partial charge in [-0.1, -0.05) is 30.3 Å². The van der Waals surface area contributed by atoms with Gasteiger partial charge in [0, 0.05) is 12.1 Å². The molecule has 4 nitrogen and oxygen atoms in total. The number of hydrogen-bond donors (Lipinski definition) is 1. The predicted octanol–water partition coefficient (Wildman–Crippen LogP) is 2.47. The van der Waals surface area contributed by atoms with E-state index in [1.54, 1.807) is 6.92 Å². The first-order valence-corrected chi connectivity index (χ1v) is 5.93.